The normalized spacial score (nSPS) is 12.8. The highest BCUT2D eigenvalue weighted by atomic mass is 16.6. The predicted octanol–water partition coefficient (Wildman–Crippen LogP) is 23.4. The van der Waals surface area contributed by atoms with E-state index in [0.29, 0.717) is 19.3 Å². The Labute approximate surface area is 495 Å². The van der Waals surface area contributed by atoms with Gasteiger partial charge in [0.05, 0.1) is 0 Å². The topological polar surface area (TPSA) is 78.9 Å². The lowest BCUT2D eigenvalue weighted by Gasteiger charge is -2.18. The SMILES string of the molecule is CC/C=C\C/C=C\C/C=C\C/C=C\C/C=C\C/C=C\CCCCCCC(=O)OCC(COC(=O)CCCCCCCCC/C=C\C/C=C\C/C=C\CC)OC(=O)CCCCCCCCCCCCCCCCCCCCCCCC. The summed E-state index contributed by atoms with van der Waals surface area (Å²) in [6, 6.07) is 0. The second-order valence-electron chi connectivity index (χ2n) is 22.3. The lowest BCUT2D eigenvalue weighted by atomic mass is 10.0. The molecule has 0 rings (SSSR count). The van der Waals surface area contributed by atoms with E-state index in [4.69, 9.17) is 14.2 Å². The van der Waals surface area contributed by atoms with Crippen molar-refractivity contribution in [3.8, 4) is 0 Å². The molecule has 80 heavy (non-hydrogen) atoms. The van der Waals surface area contributed by atoms with Crippen molar-refractivity contribution in [1.82, 2.24) is 0 Å². The van der Waals surface area contributed by atoms with Crippen molar-refractivity contribution in [3.63, 3.8) is 0 Å². The molecule has 0 aromatic heterocycles. The van der Waals surface area contributed by atoms with Gasteiger partial charge >= 0.3 is 17.9 Å². The number of hydrogen-bond acceptors (Lipinski definition) is 6. The molecule has 0 saturated heterocycles. The summed E-state index contributed by atoms with van der Waals surface area (Å²) in [5.74, 6) is -0.911. The highest BCUT2D eigenvalue weighted by molar-refractivity contribution is 5.71. The van der Waals surface area contributed by atoms with Crippen LogP contribution >= 0.6 is 0 Å². The van der Waals surface area contributed by atoms with E-state index in [1.165, 1.54) is 148 Å². The van der Waals surface area contributed by atoms with Crippen LogP contribution in [0.4, 0.5) is 0 Å². The Morgan fingerprint density at radius 3 is 0.762 bits per heavy atom. The molecule has 0 spiro atoms. The minimum absolute atomic E-state index is 0.0904. The Kier molecular flexibility index (Phi) is 64.3. The molecule has 0 amide bonds. The van der Waals surface area contributed by atoms with E-state index in [9.17, 15) is 14.4 Å². The average Bonchev–Trinajstić information content (AvgIpc) is 3.46. The van der Waals surface area contributed by atoms with Crippen molar-refractivity contribution < 1.29 is 28.6 Å². The van der Waals surface area contributed by atoms with Gasteiger partial charge in [0.2, 0.25) is 0 Å². The summed E-state index contributed by atoms with van der Waals surface area (Å²) in [7, 11) is 0. The number of hydrogen-bond donors (Lipinski definition) is 0. The fraction of sp³-hybridized carbons (Fsp3) is 0.716. The molecule has 0 fully saturated rings. The fourth-order valence-electron chi connectivity index (χ4n) is 9.52. The molecule has 1 atom stereocenters. The highest BCUT2D eigenvalue weighted by Crippen LogP contribution is 2.17. The second-order valence-corrected chi connectivity index (χ2v) is 22.3. The third-order valence-electron chi connectivity index (χ3n) is 14.5. The summed E-state index contributed by atoms with van der Waals surface area (Å²) in [5.41, 5.74) is 0. The Hall–Kier alpha value is -3.93. The number of carbonyl (C=O) groups is 3. The summed E-state index contributed by atoms with van der Waals surface area (Å²) >= 11 is 0. The van der Waals surface area contributed by atoms with E-state index in [-0.39, 0.29) is 31.1 Å². The van der Waals surface area contributed by atoms with Crippen LogP contribution in [0.15, 0.2) is 109 Å². The van der Waals surface area contributed by atoms with Gasteiger partial charge in [-0.1, -0.05) is 310 Å². The van der Waals surface area contributed by atoms with Gasteiger partial charge in [-0.15, -0.1) is 0 Å². The first kappa shape index (κ1) is 76.1. The van der Waals surface area contributed by atoms with Crippen LogP contribution in [0.1, 0.15) is 323 Å². The Balaban J connectivity index is 4.42. The minimum atomic E-state index is -0.796. The van der Waals surface area contributed by atoms with Crippen molar-refractivity contribution in [2.24, 2.45) is 0 Å². The van der Waals surface area contributed by atoms with Gasteiger partial charge < -0.3 is 14.2 Å². The van der Waals surface area contributed by atoms with Gasteiger partial charge in [0, 0.05) is 19.3 Å². The smallest absolute Gasteiger partial charge is 0.306 e. The molecule has 0 aliphatic heterocycles. The maximum Gasteiger partial charge on any atom is 0.306 e. The van der Waals surface area contributed by atoms with Crippen LogP contribution in [0.5, 0.6) is 0 Å². The zero-order valence-electron chi connectivity index (χ0n) is 52.6. The summed E-state index contributed by atoms with van der Waals surface area (Å²) in [6.45, 7) is 6.43. The zero-order chi connectivity index (χ0) is 57.8. The Morgan fingerprint density at radius 2 is 0.487 bits per heavy atom. The molecular weight excluding hydrogens is 985 g/mol. The molecule has 0 N–H and O–H groups in total. The Morgan fingerprint density at radius 1 is 0.263 bits per heavy atom. The minimum Gasteiger partial charge on any atom is -0.462 e. The molecule has 0 aliphatic rings. The molecule has 0 radical (unpaired) electrons. The van der Waals surface area contributed by atoms with Crippen LogP contribution in [-0.4, -0.2) is 37.2 Å². The van der Waals surface area contributed by atoms with Gasteiger partial charge in [0.15, 0.2) is 6.10 Å². The maximum atomic E-state index is 13.0. The van der Waals surface area contributed by atoms with Crippen molar-refractivity contribution in [3.05, 3.63) is 109 Å². The van der Waals surface area contributed by atoms with E-state index < -0.39 is 6.10 Å². The van der Waals surface area contributed by atoms with E-state index >= 15 is 0 Å². The highest BCUT2D eigenvalue weighted by Gasteiger charge is 2.19. The summed E-state index contributed by atoms with van der Waals surface area (Å²) < 4.78 is 17.0. The first-order chi connectivity index (χ1) is 39.5. The lowest BCUT2D eigenvalue weighted by molar-refractivity contribution is -0.167. The van der Waals surface area contributed by atoms with E-state index in [2.05, 4.69) is 130 Å². The van der Waals surface area contributed by atoms with Crippen molar-refractivity contribution in [2.75, 3.05) is 13.2 Å². The average molecular weight is 1110 g/mol. The van der Waals surface area contributed by atoms with E-state index in [0.717, 1.165) is 135 Å². The van der Waals surface area contributed by atoms with Gasteiger partial charge in [-0.05, 0) is 103 Å². The number of rotatable bonds is 61. The molecular formula is C74H126O6. The molecule has 6 nitrogen and oxygen atoms in total. The van der Waals surface area contributed by atoms with Crippen LogP contribution in [0, 0.1) is 0 Å². The van der Waals surface area contributed by atoms with E-state index in [1.807, 2.05) is 0 Å². The van der Waals surface area contributed by atoms with E-state index in [1.54, 1.807) is 0 Å². The number of ether oxygens (including phenoxy) is 3. The summed E-state index contributed by atoms with van der Waals surface area (Å²) in [4.78, 5) is 38.4. The largest absolute Gasteiger partial charge is 0.462 e. The van der Waals surface area contributed by atoms with Crippen LogP contribution in [0.25, 0.3) is 0 Å². The van der Waals surface area contributed by atoms with Gasteiger partial charge in [-0.25, -0.2) is 0 Å². The maximum absolute atomic E-state index is 13.0. The van der Waals surface area contributed by atoms with Crippen LogP contribution in [0.2, 0.25) is 0 Å². The first-order valence-corrected chi connectivity index (χ1v) is 33.9. The van der Waals surface area contributed by atoms with Crippen LogP contribution in [-0.2, 0) is 28.6 Å². The van der Waals surface area contributed by atoms with Crippen LogP contribution < -0.4 is 0 Å². The fourth-order valence-corrected chi connectivity index (χ4v) is 9.52. The van der Waals surface area contributed by atoms with Gasteiger partial charge in [-0.3, -0.25) is 14.4 Å². The molecule has 458 valence electrons. The van der Waals surface area contributed by atoms with Gasteiger partial charge in [0.1, 0.15) is 13.2 Å². The molecule has 0 heterocycles. The summed E-state index contributed by atoms with van der Waals surface area (Å²) in [5, 5.41) is 0. The molecule has 1 unspecified atom stereocenters. The molecule has 0 aliphatic carbocycles. The van der Waals surface area contributed by atoms with Crippen molar-refractivity contribution in [2.45, 2.75) is 329 Å². The quantitative estimate of drug-likeness (QED) is 0.0261. The lowest BCUT2D eigenvalue weighted by Crippen LogP contribution is -2.30. The number of unbranched alkanes of at least 4 members (excludes halogenated alkanes) is 32. The van der Waals surface area contributed by atoms with Crippen LogP contribution in [0.3, 0.4) is 0 Å². The molecule has 0 aromatic rings. The number of esters is 3. The first-order valence-electron chi connectivity index (χ1n) is 33.9. The number of carbonyl (C=O) groups excluding carboxylic acids is 3. The van der Waals surface area contributed by atoms with Crippen molar-refractivity contribution >= 4 is 17.9 Å². The Bertz CT molecular complexity index is 1610. The van der Waals surface area contributed by atoms with Gasteiger partial charge in [-0.2, -0.15) is 0 Å². The summed E-state index contributed by atoms with van der Waals surface area (Å²) in [6.07, 6.45) is 92.4. The predicted molar refractivity (Wildman–Crippen MR) is 348 cm³/mol. The monoisotopic (exact) mass is 1110 g/mol. The molecule has 0 bridgehead atoms. The number of allylic oxidation sites excluding steroid dienone is 18. The van der Waals surface area contributed by atoms with Gasteiger partial charge in [0.25, 0.3) is 0 Å². The molecule has 0 aromatic carbocycles. The standard InChI is InChI=1S/C74H126O6/c1-4-7-10-13-16-19-22-25-28-31-33-35-37-39-40-43-46-49-52-55-58-61-64-67-73(76)79-70-71(69-78-72(75)66-63-60-57-54-51-48-45-42-30-27-24-21-18-15-12-9-6-3)80-74(77)68-65-62-59-56-53-50-47-44-41-38-36-34-32-29-26-23-20-17-14-11-8-5-2/h7,9-10,12,16,18-19,21,25,27-28,30,33,35,39-40,46,49,71H,4-6,8,11,13-15,17,20,22-24,26,29,31-32,34,36-38,41-45,47-48,50-70H2,1-3H3/b10-7-,12-9-,19-16-,21-18-,28-25-,30-27-,35-33-,40-39-,49-46-. The second kappa shape index (κ2) is 67.6. The third kappa shape index (κ3) is 64.9. The molecule has 6 heteroatoms. The molecule has 0 saturated carbocycles. The zero-order valence-corrected chi connectivity index (χ0v) is 52.6. The van der Waals surface area contributed by atoms with Crippen molar-refractivity contribution in [1.29, 1.82) is 0 Å². The third-order valence-corrected chi connectivity index (χ3v) is 14.5.